The molecule has 0 atom stereocenters. The van der Waals surface area contributed by atoms with Gasteiger partial charge in [-0.3, -0.25) is 0 Å². The van der Waals surface area contributed by atoms with E-state index >= 15 is 0 Å². The van der Waals surface area contributed by atoms with E-state index < -0.39 is 7.25 Å². The molecule has 0 spiro atoms. The fourth-order valence-electron chi connectivity index (χ4n) is 0.556. The zero-order valence-electron chi connectivity index (χ0n) is 7.15. The molecule has 7 heteroatoms. The standard InChI is InChI=1S/C7H7ClF.BF4/c1-8-6-2-4-7(9)5-3-6;2-1(3,4)5/h2-5H,1H3;/q+1;-1. The minimum Gasteiger partial charge on any atom is -0.418 e. The van der Waals surface area contributed by atoms with Crippen molar-refractivity contribution < 1.29 is 32.4 Å². The number of alkyl halides is 1. The molecular formula is C7H7BClF5. The van der Waals surface area contributed by atoms with Crippen molar-refractivity contribution in [3.8, 4) is 0 Å². The molecule has 80 valence electrons. The first kappa shape index (κ1) is 13.2. The molecule has 0 fully saturated rings. The molecule has 1 aromatic rings. The molecule has 0 aliphatic carbocycles. The smallest absolute Gasteiger partial charge is 0.418 e. The Morgan fingerprint density at radius 2 is 1.36 bits per heavy atom. The maximum atomic E-state index is 12.2. The Labute approximate surface area is 81.9 Å². The number of hydrogen-bond donors (Lipinski definition) is 0. The van der Waals surface area contributed by atoms with Crippen LogP contribution in [0.15, 0.2) is 24.3 Å². The molecule has 0 aliphatic heterocycles. The second kappa shape index (κ2) is 5.85. The summed E-state index contributed by atoms with van der Waals surface area (Å²) in [7, 11) is -3.96. The van der Waals surface area contributed by atoms with E-state index in [0.29, 0.717) is 0 Å². The van der Waals surface area contributed by atoms with Gasteiger partial charge in [-0.15, -0.1) is 0 Å². The number of halogens is 6. The van der Waals surface area contributed by atoms with E-state index in [1.807, 2.05) is 17.2 Å². The van der Waals surface area contributed by atoms with Crippen molar-refractivity contribution in [1.82, 2.24) is 0 Å². The number of benzene rings is 1. The molecule has 0 unspecified atom stereocenters. The second-order valence-electron chi connectivity index (χ2n) is 2.12. The third-order valence-electron chi connectivity index (χ3n) is 1.02. The molecule has 0 aliphatic rings. The van der Waals surface area contributed by atoms with Crippen LogP contribution < -0.4 is 0 Å². The van der Waals surface area contributed by atoms with Gasteiger partial charge in [0.2, 0.25) is 5.02 Å². The van der Waals surface area contributed by atoms with Gasteiger partial charge in [-0.2, -0.15) is 0 Å². The van der Waals surface area contributed by atoms with E-state index in [4.69, 9.17) is 0 Å². The first-order chi connectivity index (χ1) is 6.33. The molecular weight excluding hydrogens is 225 g/mol. The highest BCUT2D eigenvalue weighted by Crippen LogP contribution is 2.06. The SMILES string of the molecule is C[Cl+]c1ccc(F)cc1.F[B-](F)(F)F. The Morgan fingerprint density at radius 1 is 1.00 bits per heavy atom. The third-order valence-corrected chi connectivity index (χ3v) is 1.71. The van der Waals surface area contributed by atoms with Gasteiger partial charge in [-0.05, 0) is 12.1 Å². The second-order valence-corrected chi connectivity index (χ2v) is 2.93. The molecule has 14 heavy (non-hydrogen) atoms. The monoisotopic (exact) mass is 232 g/mol. The van der Waals surface area contributed by atoms with Crippen LogP contribution in [0.25, 0.3) is 0 Å². The lowest BCUT2D eigenvalue weighted by molar-refractivity contribution is -0.566. The molecule has 0 amide bonds. The Kier molecular flexibility index (Phi) is 5.53. The summed E-state index contributed by atoms with van der Waals surface area (Å²) in [5, 5.41) is 1.04. The Morgan fingerprint density at radius 3 is 1.64 bits per heavy atom. The van der Waals surface area contributed by atoms with Crippen LogP contribution in [0.5, 0.6) is 0 Å². The van der Waals surface area contributed by atoms with Crippen LogP contribution >= 0.6 is 0 Å². The highest BCUT2D eigenvalue weighted by atomic mass is 35.5. The average Bonchev–Trinajstić information content (AvgIpc) is 2.03. The van der Waals surface area contributed by atoms with Crippen molar-refractivity contribution in [2.75, 3.05) is 6.38 Å². The van der Waals surface area contributed by atoms with Gasteiger partial charge < -0.3 is 17.3 Å². The van der Waals surface area contributed by atoms with Gasteiger partial charge in [0.05, 0.1) is 0 Å². The van der Waals surface area contributed by atoms with Crippen molar-refractivity contribution in [1.29, 1.82) is 0 Å². The summed E-state index contributed by atoms with van der Waals surface area (Å²) >= 11 is 0. The largest absolute Gasteiger partial charge is 0.673 e. The maximum Gasteiger partial charge on any atom is 0.673 e. The van der Waals surface area contributed by atoms with Crippen LogP contribution in [-0.4, -0.2) is 13.6 Å². The van der Waals surface area contributed by atoms with Crippen molar-refractivity contribution in [3.05, 3.63) is 35.1 Å². The summed E-state index contributed by atoms with van der Waals surface area (Å²) in [4.78, 5) is 0. The zero-order valence-corrected chi connectivity index (χ0v) is 7.91. The Bertz CT molecular complexity index is 252. The normalized spacial score (nSPS) is 10.4. The summed E-state index contributed by atoms with van der Waals surface area (Å²) in [6.07, 6.45) is 1.91. The highest BCUT2D eigenvalue weighted by molar-refractivity contribution is 6.50. The van der Waals surface area contributed by atoms with Crippen molar-refractivity contribution >= 4 is 7.25 Å². The van der Waals surface area contributed by atoms with Crippen LogP contribution in [0, 0.1) is 16.6 Å². The van der Waals surface area contributed by atoms with Crippen molar-refractivity contribution in [3.63, 3.8) is 0 Å². The van der Waals surface area contributed by atoms with Gasteiger partial charge in [-0.25, -0.2) is 4.39 Å². The fraction of sp³-hybridized carbons (Fsp3) is 0.143. The first-order valence-corrected chi connectivity index (χ1v) is 4.58. The van der Waals surface area contributed by atoms with Crippen molar-refractivity contribution in [2.45, 2.75) is 0 Å². The van der Waals surface area contributed by atoms with Gasteiger partial charge in [0.25, 0.3) is 0 Å². The molecule has 0 N–H and O–H groups in total. The summed E-state index contributed by atoms with van der Waals surface area (Å²) in [6.45, 7) is 0. The van der Waals surface area contributed by atoms with E-state index in [2.05, 4.69) is 0 Å². The predicted octanol–water partition coefficient (Wildman–Crippen LogP) is 3.26. The molecule has 0 aromatic heterocycles. The summed E-state index contributed by atoms with van der Waals surface area (Å²) < 4.78 is 51.2. The van der Waals surface area contributed by atoms with Crippen molar-refractivity contribution in [2.24, 2.45) is 0 Å². The van der Waals surface area contributed by atoms with E-state index in [0.717, 1.165) is 5.02 Å². The van der Waals surface area contributed by atoms with Gasteiger partial charge >= 0.3 is 7.25 Å². The van der Waals surface area contributed by atoms with Crippen LogP contribution in [-0.2, 0) is 0 Å². The van der Waals surface area contributed by atoms with E-state index in [-0.39, 0.29) is 5.82 Å². The molecule has 0 heterocycles. The third kappa shape index (κ3) is 9.31. The molecule has 0 bridgehead atoms. The molecule has 0 nitrogen and oxygen atoms in total. The molecule has 0 saturated heterocycles. The Hall–Kier alpha value is -0.775. The molecule has 1 aromatic carbocycles. The minimum atomic E-state index is -6.00. The van der Waals surface area contributed by atoms with E-state index in [9.17, 15) is 21.7 Å². The van der Waals surface area contributed by atoms with Crippen LogP contribution in [0.4, 0.5) is 21.7 Å². The van der Waals surface area contributed by atoms with Crippen LogP contribution in [0.2, 0.25) is 5.02 Å². The summed E-state index contributed by atoms with van der Waals surface area (Å²) in [6, 6.07) is 6.38. The van der Waals surface area contributed by atoms with Gasteiger partial charge in [0.1, 0.15) is 5.82 Å². The minimum absolute atomic E-state index is 0.182. The maximum absolute atomic E-state index is 12.2. The van der Waals surface area contributed by atoms with E-state index in [1.54, 1.807) is 12.1 Å². The molecule has 0 radical (unpaired) electrons. The lowest BCUT2D eigenvalue weighted by atomic mass is 10.3. The van der Waals surface area contributed by atoms with Gasteiger partial charge in [0.15, 0.2) is 17.2 Å². The zero-order chi connectivity index (χ0) is 11.2. The lowest BCUT2D eigenvalue weighted by Crippen LogP contribution is -2.02. The molecule has 1 rings (SSSR count). The number of hydrogen-bond acceptors (Lipinski definition) is 0. The fourth-order valence-corrected chi connectivity index (χ4v) is 0.934. The number of rotatable bonds is 1. The Balaban J connectivity index is 0.000000292. The highest BCUT2D eigenvalue weighted by Gasteiger charge is 2.20. The quantitative estimate of drug-likeness (QED) is 0.396. The summed E-state index contributed by atoms with van der Waals surface area (Å²) in [5.74, 6) is -0.182. The van der Waals surface area contributed by atoms with Crippen LogP contribution in [0.3, 0.4) is 0 Å². The summed E-state index contributed by atoms with van der Waals surface area (Å²) in [5.41, 5.74) is 0. The van der Waals surface area contributed by atoms with Gasteiger partial charge in [0, 0.05) is 12.1 Å². The van der Waals surface area contributed by atoms with E-state index in [1.165, 1.54) is 12.1 Å². The van der Waals surface area contributed by atoms with Gasteiger partial charge in [-0.1, -0.05) is 0 Å². The lowest BCUT2D eigenvalue weighted by Gasteiger charge is -1.94. The predicted molar refractivity (Wildman–Crippen MR) is 41.7 cm³/mol. The topological polar surface area (TPSA) is 0 Å². The molecule has 0 saturated carbocycles. The first-order valence-electron chi connectivity index (χ1n) is 3.45. The van der Waals surface area contributed by atoms with Crippen LogP contribution in [0.1, 0.15) is 0 Å². The average molecular weight is 232 g/mol.